The van der Waals surface area contributed by atoms with Gasteiger partial charge in [-0.1, -0.05) is 0 Å². The Morgan fingerprint density at radius 2 is 1.53 bits per heavy atom. The second-order valence-electron chi connectivity index (χ2n) is 8.74. The maximum absolute atomic E-state index is 14.5. The van der Waals surface area contributed by atoms with Crippen LogP contribution in [0.4, 0.5) is 20.4 Å². The lowest BCUT2D eigenvalue weighted by Gasteiger charge is -2.22. The summed E-state index contributed by atoms with van der Waals surface area (Å²) in [4.78, 5) is 8.43. The highest BCUT2D eigenvalue weighted by molar-refractivity contribution is 5.59. The van der Waals surface area contributed by atoms with E-state index in [0.29, 0.717) is 35.7 Å². The Bertz CT molecular complexity index is 1180. The lowest BCUT2D eigenvalue weighted by molar-refractivity contribution is 0.243. The standard InChI is InChI=1S/C27H32F2N4O5/c1-34-22-12-18(4-5-21(22)37-11-8-17-6-9-30-10-7-17)33-27-31-14-19(15-32-27)38-16-20-25(28)23(35-2)13-24(36-3)26(20)29/h4-5,12-15,17,30H,6-11,16H2,1-3H3,(H,31,32,33). The van der Waals surface area contributed by atoms with Crippen LogP contribution in [0.15, 0.2) is 36.7 Å². The lowest BCUT2D eigenvalue weighted by atomic mass is 9.95. The van der Waals surface area contributed by atoms with Crippen LogP contribution in [0.25, 0.3) is 0 Å². The molecule has 1 aliphatic heterocycles. The molecular formula is C27H32F2N4O5. The van der Waals surface area contributed by atoms with Gasteiger partial charge in [0.2, 0.25) is 5.95 Å². The number of benzene rings is 2. The van der Waals surface area contributed by atoms with E-state index in [1.807, 2.05) is 12.1 Å². The summed E-state index contributed by atoms with van der Waals surface area (Å²) in [5.74, 6) is 0.463. The van der Waals surface area contributed by atoms with Crippen LogP contribution in [0.2, 0.25) is 0 Å². The largest absolute Gasteiger partial charge is 0.494 e. The summed E-state index contributed by atoms with van der Waals surface area (Å²) in [6, 6.07) is 6.63. The third-order valence-electron chi connectivity index (χ3n) is 6.34. The first-order valence-electron chi connectivity index (χ1n) is 12.3. The molecule has 9 nitrogen and oxygen atoms in total. The molecule has 1 aromatic heterocycles. The van der Waals surface area contributed by atoms with Crippen molar-refractivity contribution in [3.8, 4) is 28.7 Å². The zero-order valence-corrected chi connectivity index (χ0v) is 21.7. The number of hydrogen-bond donors (Lipinski definition) is 2. The van der Waals surface area contributed by atoms with Crippen molar-refractivity contribution in [3.63, 3.8) is 0 Å². The molecule has 38 heavy (non-hydrogen) atoms. The molecule has 0 radical (unpaired) electrons. The first-order chi connectivity index (χ1) is 18.5. The van der Waals surface area contributed by atoms with Crippen molar-refractivity contribution in [1.82, 2.24) is 15.3 Å². The molecule has 1 saturated heterocycles. The summed E-state index contributed by atoms with van der Waals surface area (Å²) >= 11 is 0. The molecule has 0 saturated carbocycles. The zero-order chi connectivity index (χ0) is 26.9. The monoisotopic (exact) mass is 530 g/mol. The molecule has 0 atom stereocenters. The molecule has 0 aliphatic carbocycles. The average molecular weight is 531 g/mol. The van der Waals surface area contributed by atoms with Gasteiger partial charge in [0.1, 0.15) is 6.61 Å². The molecule has 2 N–H and O–H groups in total. The van der Waals surface area contributed by atoms with Crippen LogP contribution in [0.5, 0.6) is 28.7 Å². The summed E-state index contributed by atoms with van der Waals surface area (Å²) in [7, 11) is 4.16. The number of halogens is 2. The van der Waals surface area contributed by atoms with E-state index in [1.165, 1.54) is 39.5 Å². The molecule has 0 unspecified atom stereocenters. The summed E-state index contributed by atoms with van der Waals surface area (Å²) in [6.45, 7) is 2.36. The summed E-state index contributed by atoms with van der Waals surface area (Å²) in [5.41, 5.74) is 0.377. The predicted octanol–water partition coefficient (Wildman–Crippen LogP) is 4.87. The second-order valence-corrected chi connectivity index (χ2v) is 8.74. The minimum atomic E-state index is -0.863. The molecule has 0 bridgehead atoms. The molecule has 0 amide bonds. The maximum Gasteiger partial charge on any atom is 0.227 e. The van der Waals surface area contributed by atoms with Crippen LogP contribution in [-0.2, 0) is 6.61 Å². The van der Waals surface area contributed by atoms with Gasteiger partial charge in [-0.15, -0.1) is 0 Å². The van der Waals surface area contributed by atoms with Crippen LogP contribution in [0, 0.1) is 17.6 Å². The molecule has 0 spiro atoms. The molecule has 2 aromatic carbocycles. The van der Waals surface area contributed by atoms with E-state index in [9.17, 15) is 8.78 Å². The number of methoxy groups -OCH3 is 3. The van der Waals surface area contributed by atoms with E-state index in [-0.39, 0.29) is 22.8 Å². The van der Waals surface area contributed by atoms with Crippen LogP contribution < -0.4 is 34.3 Å². The normalized spacial score (nSPS) is 13.6. The number of nitrogens with zero attached hydrogens (tertiary/aromatic N) is 2. The molecule has 204 valence electrons. The van der Waals surface area contributed by atoms with Crippen molar-refractivity contribution >= 4 is 11.6 Å². The molecule has 4 rings (SSSR count). The number of hydrogen-bond acceptors (Lipinski definition) is 9. The fourth-order valence-corrected chi connectivity index (χ4v) is 4.17. The minimum absolute atomic E-state index is 0.147. The van der Waals surface area contributed by atoms with Crippen LogP contribution in [-0.4, -0.2) is 51.0 Å². The quantitative estimate of drug-likeness (QED) is 0.340. The van der Waals surface area contributed by atoms with Crippen molar-refractivity contribution in [1.29, 1.82) is 0 Å². The number of rotatable bonds is 12. The highest BCUT2D eigenvalue weighted by atomic mass is 19.1. The Hall–Kier alpha value is -3.86. The topological polar surface area (TPSA) is 96.0 Å². The van der Waals surface area contributed by atoms with E-state index >= 15 is 0 Å². The van der Waals surface area contributed by atoms with E-state index in [1.54, 1.807) is 13.2 Å². The minimum Gasteiger partial charge on any atom is -0.494 e. The van der Waals surface area contributed by atoms with Crippen molar-refractivity contribution in [2.45, 2.75) is 25.9 Å². The number of piperidine rings is 1. The summed E-state index contributed by atoms with van der Waals surface area (Å²) < 4.78 is 55.9. The zero-order valence-electron chi connectivity index (χ0n) is 21.7. The molecule has 2 heterocycles. The number of anilines is 2. The van der Waals surface area contributed by atoms with Gasteiger partial charge in [-0.05, 0) is 50.4 Å². The Kier molecular flexibility index (Phi) is 9.36. The van der Waals surface area contributed by atoms with Gasteiger partial charge in [0, 0.05) is 17.8 Å². The van der Waals surface area contributed by atoms with Crippen molar-refractivity contribution in [2.24, 2.45) is 5.92 Å². The molecule has 11 heteroatoms. The van der Waals surface area contributed by atoms with Crippen molar-refractivity contribution in [2.75, 3.05) is 46.3 Å². The van der Waals surface area contributed by atoms with Gasteiger partial charge in [0.15, 0.2) is 40.4 Å². The van der Waals surface area contributed by atoms with Gasteiger partial charge >= 0.3 is 0 Å². The Balaban J connectivity index is 1.34. The lowest BCUT2D eigenvalue weighted by Crippen LogP contribution is -2.28. The third-order valence-corrected chi connectivity index (χ3v) is 6.34. The van der Waals surface area contributed by atoms with Crippen molar-refractivity contribution in [3.05, 3.63) is 53.9 Å². The Morgan fingerprint density at radius 3 is 2.16 bits per heavy atom. The van der Waals surface area contributed by atoms with Crippen molar-refractivity contribution < 1.29 is 32.5 Å². The molecule has 1 fully saturated rings. The predicted molar refractivity (Wildman–Crippen MR) is 138 cm³/mol. The number of nitrogens with one attached hydrogen (secondary N) is 2. The Morgan fingerprint density at radius 1 is 0.868 bits per heavy atom. The Labute approximate surface area is 220 Å². The number of aromatic nitrogens is 2. The highest BCUT2D eigenvalue weighted by Gasteiger charge is 2.21. The third kappa shape index (κ3) is 6.71. The van der Waals surface area contributed by atoms with Gasteiger partial charge in [-0.25, -0.2) is 18.7 Å². The summed E-state index contributed by atoms with van der Waals surface area (Å²) in [6.07, 6.45) is 6.17. The van der Waals surface area contributed by atoms with Crippen LogP contribution in [0.3, 0.4) is 0 Å². The fraction of sp³-hybridized carbons (Fsp3) is 0.407. The van der Waals surface area contributed by atoms with Crippen LogP contribution in [0.1, 0.15) is 24.8 Å². The average Bonchev–Trinajstić information content (AvgIpc) is 2.95. The second kappa shape index (κ2) is 13.1. The van der Waals surface area contributed by atoms with Gasteiger partial charge in [-0.3, -0.25) is 0 Å². The van der Waals surface area contributed by atoms with E-state index in [4.69, 9.17) is 23.7 Å². The first-order valence-corrected chi connectivity index (χ1v) is 12.3. The summed E-state index contributed by atoms with van der Waals surface area (Å²) in [5, 5.41) is 6.46. The first kappa shape index (κ1) is 27.2. The van der Waals surface area contributed by atoms with E-state index in [2.05, 4.69) is 20.6 Å². The van der Waals surface area contributed by atoms with Gasteiger partial charge in [0.25, 0.3) is 0 Å². The molecule has 3 aromatic rings. The highest BCUT2D eigenvalue weighted by Crippen LogP contribution is 2.33. The number of ether oxygens (including phenoxy) is 5. The van der Waals surface area contributed by atoms with Gasteiger partial charge in [0.05, 0.1) is 45.9 Å². The molecular weight excluding hydrogens is 498 g/mol. The van der Waals surface area contributed by atoms with E-state index < -0.39 is 18.2 Å². The molecule has 1 aliphatic rings. The van der Waals surface area contributed by atoms with Crippen LogP contribution >= 0.6 is 0 Å². The smallest absolute Gasteiger partial charge is 0.227 e. The van der Waals surface area contributed by atoms with Gasteiger partial charge in [-0.2, -0.15) is 0 Å². The SMILES string of the molecule is COc1cc(Nc2ncc(OCc3c(F)c(OC)cc(OC)c3F)cn2)ccc1OCCC1CCNCC1. The van der Waals surface area contributed by atoms with E-state index in [0.717, 1.165) is 25.6 Å². The maximum atomic E-state index is 14.5. The fourth-order valence-electron chi connectivity index (χ4n) is 4.17. The van der Waals surface area contributed by atoms with Gasteiger partial charge < -0.3 is 34.3 Å².